The van der Waals surface area contributed by atoms with Gasteiger partial charge in [0.05, 0.1) is 13.0 Å². The maximum Gasteiger partial charge on any atom is 0.310 e. The summed E-state index contributed by atoms with van der Waals surface area (Å²) in [4.78, 5) is 52.6. The number of benzene rings is 2. The summed E-state index contributed by atoms with van der Waals surface area (Å²) in [5.74, 6) is -1.56. The van der Waals surface area contributed by atoms with E-state index in [9.17, 15) is 24.3 Å². The van der Waals surface area contributed by atoms with Crippen LogP contribution in [-0.2, 0) is 30.5 Å². The Labute approximate surface area is 221 Å². The van der Waals surface area contributed by atoms with Crippen molar-refractivity contribution in [2.45, 2.75) is 71.1 Å². The summed E-state index contributed by atoms with van der Waals surface area (Å²) < 4.78 is 11.0. The molecule has 2 saturated heterocycles. The lowest BCUT2D eigenvalue weighted by Gasteiger charge is -2.28. The average molecular weight is 524 g/mol. The molecule has 0 saturated carbocycles. The summed E-state index contributed by atoms with van der Waals surface area (Å²) in [6.45, 7) is 5.56. The molecule has 4 atom stereocenters. The van der Waals surface area contributed by atoms with Gasteiger partial charge in [-0.15, -0.1) is 0 Å². The third-order valence-electron chi connectivity index (χ3n) is 6.86. The third kappa shape index (κ3) is 6.13. The number of ether oxygens (including phenoxy) is 2. The molecule has 38 heavy (non-hydrogen) atoms. The van der Waals surface area contributed by atoms with Crippen molar-refractivity contribution >= 4 is 23.7 Å². The molecule has 0 spiro atoms. The lowest BCUT2D eigenvalue weighted by molar-refractivity contribution is -0.168. The Morgan fingerprint density at radius 3 is 2.53 bits per heavy atom. The second kappa shape index (κ2) is 11.6. The minimum Gasteiger partial charge on any atom is -0.507 e. The molecule has 2 aliphatic rings. The zero-order valence-corrected chi connectivity index (χ0v) is 21.7. The predicted octanol–water partition coefficient (Wildman–Crippen LogP) is 2.09. The van der Waals surface area contributed by atoms with E-state index in [-0.39, 0.29) is 24.7 Å². The molecule has 1 unspecified atom stereocenters. The monoisotopic (exact) mass is 523 g/mol. The van der Waals surface area contributed by atoms with Gasteiger partial charge in [0.15, 0.2) is 0 Å². The largest absolute Gasteiger partial charge is 0.507 e. The van der Waals surface area contributed by atoms with Crippen LogP contribution in [-0.4, -0.2) is 64.7 Å². The summed E-state index contributed by atoms with van der Waals surface area (Å²) in [5, 5.41) is 15.5. The number of aromatic hydroxyl groups is 1. The standard InChI is InChI=1S/C28H33N3O7/c1-16-12-20(13-17(2)24(16)33)25(34)29-18(3)27(36)31-11-7-10-22(31)26(35)30-21-14-23(32)38-28(21)37-15-19-8-5-4-6-9-19/h4-6,8-9,12-13,18,21-22,28,33H,7,10-11,14-15H2,1-3H3,(H,29,34)(H,30,35)/t18-,21-,22-,28?/m0/s1. The fourth-order valence-electron chi connectivity index (χ4n) is 4.82. The van der Waals surface area contributed by atoms with Crippen molar-refractivity contribution in [2.75, 3.05) is 6.54 Å². The minimum atomic E-state index is -0.923. The predicted molar refractivity (Wildman–Crippen MR) is 137 cm³/mol. The van der Waals surface area contributed by atoms with E-state index in [0.717, 1.165) is 5.56 Å². The van der Waals surface area contributed by atoms with E-state index in [0.29, 0.717) is 36.1 Å². The molecule has 10 heteroatoms. The number of hydrogen-bond acceptors (Lipinski definition) is 7. The summed E-state index contributed by atoms with van der Waals surface area (Å²) in [7, 11) is 0. The Kier molecular flexibility index (Phi) is 8.31. The van der Waals surface area contributed by atoms with E-state index < -0.39 is 42.2 Å². The number of carbonyl (C=O) groups is 4. The Balaban J connectivity index is 1.35. The van der Waals surface area contributed by atoms with Crippen LogP contribution < -0.4 is 10.6 Å². The van der Waals surface area contributed by atoms with E-state index in [1.54, 1.807) is 32.9 Å². The van der Waals surface area contributed by atoms with Crippen LogP contribution in [0.2, 0.25) is 0 Å². The Morgan fingerprint density at radius 1 is 1.16 bits per heavy atom. The van der Waals surface area contributed by atoms with Crippen molar-refractivity contribution < 1.29 is 33.8 Å². The molecular formula is C28H33N3O7. The molecule has 202 valence electrons. The summed E-state index contributed by atoms with van der Waals surface area (Å²) in [6.07, 6.45) is 0.150. The van der Waals surface area contributed by atoms with Crippen molar-refractivity contribution in [1.29, 1.82) is 0 Å². The maximum absolute atomic E-state index is 13.2. The number of rotatable bonds is 8. The molecule has 2 aliphatic heterocycles. The molecule has 2 heterocycles. The van der Waals surface area contributed by atoms with Crippen LogP contribution >= 0.6 is 0 Å². The maximum atomic E-state index is 13.2. The molecule has 0 radical (unpaired) electrons. The van der Waals surface area contributed by atoms with Gasteiger partial charge in [0, 0.05) is 12.1 Å². The molecular weight excluding hydrogens is 490 g/mol. The zero-order chi connectivity index (χ0) is 27.4. The molecule has 2 aromatic rings. The highest BCUT2D eigenvalue weighted by Crippen LogP contribution is 2.24. The van der Waals surface area contributed by atoms with Crippen molar-refractivity contribution in [3.63, 3.8) is 0 Å². The first kappa shape index (κ1) is 27.1. The van der Waals surface area contributed by atoms with E-state index in [1.807, 2.05) is 30.3 Å². The van der Waals surface area contributed by atoms with Gasteiger partial charge in [-0.1, -0.05) is 30.3 Å². The van der Waals surface area contributed by atoms with Crippen molar-refractivity contribution in [2.24, 2.45) is 0 Å². The van der Waals surface area contributed by atoms with Crippen LogP contribution in [0.3, 0.4) is 0 Å². The number of nitrogens with zero attached hydrogens (tertiary/aromatic N) is 1. The van der Waals surface area contributed by atoms with Crippen LogP contribution in [0.5, 0.6) is 5.75 Å². The molecule has 3 amide bonds. The number of hydrogen-bond donors (Lipinski definition) is 3. The lowest BCUT2D eigenvalue weighted by atomic mass is 10.0. The van der Waals surface area contributed by atoms with Crippen LogP contribution in [0, 0.1) is 13.8 Å². The van der Waals surface area contributed by atoms with Crippen LogP contribution in [0.1, 0.15) is 53.2 Å². The Bertz CT molecular complexity index is 1190. The molecule has 10 nitrogen and oxygen atoms in total. The van der Waals surface area contributed by atoms with Gasteiger partial charge in [-0.3, -0.25) is 19.2 Å². The number of phenolic OH excluding ortho intramolecular Hbond substituents is 1. The number of aryl methyl sites for hydroxylation is 2. The van der Waals surface area contributed by atoms with Gasteiger partial charge in [-0.05, 0) is 62.4 Å². The summed E-state index contributed by atoms with van der Waals surface area (Å²) >= 11 is 0. The first-order valence-corrected chi connectivity index (χ1v) is 12.7. The molecule has 0 bridgehead atoms. The van der Waals surface area contributed by atoms with E-state index in [4.69, 9.17) is 9.47 Å². The second-order valence-corrected chi connectivity index (χ2v) is 9.82. The normalized spacial score (nSPS) is 21.6. The molecule has 0 aliphatic carbocycles. The summed E-state index contributed by atoms with van der Waals surface area (Å²) in [6, 6.07) is 10.2. The number of likely N-dealkylation sites (tertiary alicyclic amines) is 1. The van der Waals surface area contributed by atoms with Gasteiger partial charge < -0.3 is 30.1 Å². The smallest absolute Gasteiger partial charge is 0.310 e. The van der Waals surface area contributed by atoms with Gasteiger partial charge in [-0.25, -0.2) is 0 Å². The van der Waals surface area contributed by atoms with Crippen molar-refractivity contribution in [1.82, 2.24) is 15.5 Å². The second-order valence-electron chi connectivity index (χ2n) is 9.82. The summed E-state index contributed by atoms with van der Waals surface area (Å²) in [5.41, 5.74) is 2.36. The van der Waals surface area contributed by atoms with Crippen LogP contribution in [0.25, 0.3) is 0 Å². The van der Waals surface area contributed by atoms with Crippen LogP contribution in [0.4, 0.5) is 0 Å². The fraction of sp³-hybridized carbons (Fsp3) is 0.429. The van der Waals surface area contributed by atoms with E-state index >= 15 is 0 Å². The number of cyclic esters (lactones) is 1. The van der Waals surface area contributed by atoms with Gasteiger partial charge >= 0.3 is 5.97 Å². The number of carbonyl (C=O) groups excluding carboxylic acids is 4. The number of amides is 3. The first-order chi connectivity index (χ1) is 18.1. The average Bonchev–Trinajstić information content (AvgIpc) is 3.52. The quantitative estimate of drug-likeness (QED) is 0.451. The highest BCUT2D eigenvalue weighted by atomic mass is 16.7. The van der Waals surface area contributed by atoms with Gasteiger partial charge in [0.1, 0.15) is 23.9 Å². The first-order valence-electron chi connectivity index (χ1n) is 12.7. The Morgan fingerprint density at radius 2 is 1.84 bits per heavy atom. The fourth-order valence-corrected chi connectivity index (χ4v) is 4.82. The topological polar surface area (TPSA) is 134 Å². The van der Waals surface area contributed by atoms with Gasteiger partial charge in [0.25, 0.3) is 5.91 Å². The highest BCUT2D eigenvalue weighted by molar-refractivity contribution is 5.99. The lowest BCUT2D eigenvalue weighted by Crippen LogP contribution is -2.54. The zero-order valence-electron chi connectivity index (χ0n) is 21.7. The molecule has 3 N–H and O–H groups in total. The van der Waals surface area contributed by atoms with Crippen molar-refractivity contribution in [3.05, 3.63) is 64.7 Å². The number of phenols is 1. The highest BCUT2D eigenvalue weighted by Gasteiger charge is 2.41. The number of nitrogens with one attached hydrogen (secondary N) is 2. The van der Waals surface area contributed by atoms with Crippen molar-refractivity contribution in [3.8, 4) is 5.75 Å². The molecule has 2 aromatic carbocycles. The van der Waals surface area contributed by atoms with Gasteiger partial charge in [0.2, 0.25) is 18.1 Å². The molecule has 2 fully saturated rings. The van der Waals surface area contributed by atoms with Crippen LogP contribution in [0.15, 0.2) is 42.5 Å². The third-order valence-corrected chi connectivity index (χ3v) is 6.86. The van der Waals surface area contributed by atoms with E-state index in [2.05, 4.69) is 10.6 Å². The molecule has 4 rings (SSSR count). The van der Waals surface area contributed by atoms with E-state index in [1.165, 1.54) is 4.90 Å². The van der Waals surface area contributed by atoms with Gasteiger partial charge in [-0.2, -0.15) is 0 Å². The number of esters is 1. The molecule has 0 aromatic heterocycles. The minimum absolute atomic E-state index is 0.0240. The Hall–Kier alpha value is -3.92. The SMILES string of the molecule is Cc1cc(C(=O)N[C@@H](C)C(=O)N2CCC[C@H]2C(=O)N[C@H]2CC(=O)OC2OCc2ccccc2)cc(C)c1O.